The number of nitrogen functional groups attached to an aromatic ring is 1. The zero-order valence-electron chi connectivity index (χ0n) is 22.7. The van der Waals surface area contributed by atoms with Gasteiger partial charge in [0, 0.05) is 48.2 Å². The first-order chi connectivity index (χ1) is 17.6. The molecule has 0 bridgehead atoms. The number of hydrogen-bond donors (Lipinski definition) is 2. The fourth-order valence-corrected chi connectivity index (χ4v) is 5.02. The molecular weight excluding hydrogens is 468 g/mol. The van der Waals surface area contributed by atoms with Crippen LogP contribution in [-0.2, 0) is 12.0 Å². The fourth-order valence-electron chi connectivity index (χ4n) is 5.02. The minimum atomic E-state index is -0.254. The lowest BCUT2D eigenvalue weighted by atomic mass is 9.84. The number of Topliss-reactive ketones (excluding diaryl/α,β-unsaturated/α-hetero) is 1. The lowest BCUT2D eigenvalue weighted by Gasteiger charge is -2.28. The molecule has 0 atom stereocenters. The van der Waals surface area contributed by atoms with E-state index in [0.29, 0.717) is 34.7 Å². The topological polar surface area (TPSA) is 98.8 Å². The molecule has 3 N–H and O–H groups in total. The Kier molecular flexibility index (Phi) is 7.39. The van der Waals surface area contributed by atoms with Crippen LogP contribution < -0.4 is 25.4 Å². The Hall–Kier alpha value is -3.68. The Morgan fingerprint density at radius 3 is 2.41 bits per heavy atom. The smallest absolute Gasteiger partial charge is 0.254 e. The molecule has 37 heavy (non-hydrogen) atoms. The second-order valence-electron chi connectivity index (χ2n) is 10.5. The van der Waals surface area contributed by atoms with E-state index in [2.05, 4.69) is 31.0 Å². The molecule has 1 fully saturated rings. The van der Waals surface area contributed by atoms with Gasteiger partial charge in [0.15, 0.2) is 5.78 Å². The van der Waals surface area contributed by atoms with Gasteiger partial charge in [-0.25, -0.2) is 0 Å². The summed E-state index contributed by atoms with van der Waals surface area (Å²) in [5.74, 6) is 1.45. The van der Waals surface area contributed by atoms with E-state index in [1.807, 2.05) is 25.3 Å². The number of aromatic nitrogens is 1. The van der Waals surface area contributed by atoms with Gasteiger partial charge in [-0.05, 0) is 49.4 Å². The van der Waals surface area contributed by atoms with Crippen molar-refractivity contribution in [2.75, 3.05) is 44.5 Å². The number of fused-ring (bicyclic) bond motifs is 1. The number of hydrogen-bond acceptors (Lipinski definition) is 6. The fraction of sp³-hybridized carbons (Fsp3) is 0.448. The molecule has 8 heteroatoms. The first kappa shape index (κ1) is 26.4. The number of methoxy groups -OCH3 is 1. The molecule has 4 rings (SSSR count). The highest BCUT2D eigenvalue weighted by Crippen LogP contribution is 2.41. The summed E-state index contributed by atoms with van der Waals surface area (Å²) in [5, 5.41) is 4.16. The van der Waals surface area contributed by atoms with Crippen molar-refractivity contribution in [2.45, 2.75) is 52.5 Å². The second-order valence-corrected chi connectivity index (χ2v) is 10.5. The summed E-state index contributed by atoms with van der Waals surface area (Å²) >= 11 is 0. The number of ketones is 1. The van der Waals surface area contributed by atoms with Crippen LogP contribution in [0.2, 0.25) is 0 Å². The first-order valence-corrected chi connectivity index (χ1v) is 12.9. The van der Waals surface area contributed by atoms with Gasteiger partial charge in [-0.2, -0.15) is 0 Å². The molecule has 3 aromatic rings. The van der Waals surface area contributed by atoms with Gasteiger partial charge < -0.3 is 30.0 Å². The number of ether oxygens (including phenoxy) is 2. The van der Waals surface area contributed by atoms with Gasteiger partial charge in [-0.1, -0.05) is 20.8 Å². The number of benzene rings is 2. The lowest BCUT2D eigenvalue weighted by Crippen LogP contribution is -2.23. The van der Waals surface area contributed by atoms with Gasteiger partial charge in [0.05, 0.1) is 31.5 Å². The van der Waals surface area contributed by atoms with Gasteiger partial charge in [0.2, 0.25) is 0 Å². The summed E-state index contributed by atoms with van der Waals surface area (Å²) in [5.41, 5.74) is 9.29. The Morgan fingerprint density at radius 1 is 1.11 bits per heavy atom. The van der Waals surface area contributed by atoms with Crippen LogP contribution >= 0.6 is 0 Å². The summed E-state index contributed by atoms with van der Waals surface area (Å²) in [4.78, 5) is 28.4. The normalized spacial score (nSPS) is 13.7. The predicted octanol–water partition coefficient (Wildman–Crippen LogP) is 4.77. The molecule has 1 saturated heterocycles. The van der Waals surface area contributed by atoms with E-state index in [1.165, 1.54) is 0 Å². The van der Waals surface area contributed by atoms with Crippen LogP contribution in [0.15, 0.2) is 30.5 Å². The summed E-state index contributed by atoms with van der Waals surface area (Å²) in [6, 6.07) is 7.44. The van der Waals surface area contributed by atoms with Crippen LogP contribution in [0.25, 0.3) is 10.8 Å². The van der Waals surface area contributed by atoms with Gasteiger partial charge >= 0.3 is 0 Å². The molecular formula is C29H38N4O4. The number of amides is 1. The van der Waals surface area contributed by atoms with E-state index < -0.39 is 0 Å². The highest BCUT2D eigenvalue weighted by atomic mass is 16.5. The molecule has 1 aliphatic heterocycles. The zero-order chi connectivity index (χ0) is 26.9. The Morgan fingerprint density at radius 2 is 1.81 bits per heavy atom. The van der Waals surface area contributed by atoms with Crippen LogP contribution in [0.3, 0.4) is 0 Å². The third-order valence-electron chi connectivity index (χ3n) is 6.97. The van der Waals surface area contributed by atoms with E-state index in [9.17, 15) is 9.59 Å². The molecule has 0 unspecified atom stereocenters. The van der Waals surface area contributed by atoms with Crippen molar-refractivity contribution < 1.29 is 19.1 Å². The van der Waals surface area contributed by atoms with E-state index in [0.717, 1.165) is 48.3 Å². The SMILES string of the molecule is CCOc1cc2cn(CC(=O)c3cc(N4CCCC4)c(OC)c(C(C)(C)C)c3)c(N)c2cc1C(=O)NC. The number of rotatable bonds is 8. The maximum atomic E-state index is 13.7. The predicted molar refractivity (Wildman–Crippen MR) is 148 cm³/mol. The van der Waals surface area contributed by atoms with Gasteiger partial charge in [-0.3, -0.25) is 9.59 Å². The first-order valence-electron chi connectivity index (χ1n) is 12.9. The van der Waals surface area contributed by atoms with E-state index in [1.54, 1.807) is 30.9 Å². The Labute approximate surface area is 218 Å². The van der Waals surface area contributed by atoms with Crippen LogP contribution in [0.1, 0.15) is 66.8 Å². The van der Waals surface area contributed by atoms with Gasteiger partial charge in [-0.15, -0.1) is 0 Å². The Balaban J connectivity index is 1.75. The maximum Gasteiger partial charge on any atom is 0.254 e. The van der Waals surface area contributed by atoms with Gasteiger partial charge in [0.25, 0.3) is 5.91 Å². The monoisotopic (exact) mass is 506 g/mol. The van der Waals surface area contributed by atoms with Crippen molar-refractivity contribution in [3.05, 3.63) is 47.2 Å². The molecule has 0 radical (unpaired) electrons. The minimum Gasteiger partial charge on any atom is -0.494 e. The quantitative estimate of drug-likeness (QED) is 0.427. The molecule has 198 valence electrons. The molecule has 2 heterocycles. The van der Waals surface area contributed by atoms with Crippen LogP contribution in [0.5, 0.6) is 11.5 Å². The average Bonchev–Trinajstić information content (AvgIpc) is 3.50. The standard InChI is InChI=1S/C29H38N4O4/c1-7-37-25-14-19-16-33(27(30)20(19)15-21(25)28(35)31-5)17-24(34)18-12-22(29(2,3)4)26(36-6)23(13-18)32-10-8-9-11-32/h12-16H,7-11,17,30H2,1-6H3,(H,31,35). The minimum absolute atomic E-state index is 0.0443. The maximum absolute atomic E-state index is 13.7. The van der Waals surface area contributed by atoms with E-state index >= 15 is 0 Å². The lowest BCUT2D eigenvalue weighted by molar-refractivity contribution is 0.0955. The molecule has 2 aromatic carbocycles. The molecule has 1 aromatic heterocycles. The third-order valence-corrected chi connectivity index (χ3v) is 6.97. The summed E-state index contributed by atoms with van der Waals surface area (Å²) in [6.07, 6.45) is 4.09. The largest absolute Gasteiger partial charge is 0.494 e. The number of carbonyl (C=O) groups excluding carboxylic acids is 2. The van der Waals surface area contributed by atoms with Crippen molar-refractivity contribution >= 4 is 34.0 Å². The molecule has 1 aliphatic rings. The average molecular weight is 507 g/mol. The number of nitrogens with one attached hydrogen (secondary N) is 1. The Bertz CT molecular complexity index is 1330. The summed E-state index contributed by atoms with van der Waals surface area (Å²) < 4.78 is 13.3. The number of nitrogens with zero attached hydrogens (tertiary/aromatic N) is 2. The van der Waals surface area contributed by atoms with Crippen LogP contribution in [0.4, 0.5) is 11.5 Å². The van der Waals surface area contributed by atoms with Crippen molar-refractivity contribution in [3.63, 3.8) is 0 Å². The number of nitrogens with two attached hydrogens (primary N) is 1. The highest BCUT2D eigenvalue weighted by molar-refractivity contribution is 6.05. The third kappa shape index (κ3) is 5.10. The molecule has 0 spiro atoms. The van der Waals surface area contributed by atoms with Crippen molar-refractivity contribution in [2.24, 2.45) is 0 Å². The zero-order valence-corrected chi connectivity index (χ0v) is 22.7. The number of carbonyl (C=O) groups is 2. The summed E-state index contributed by atoms with van der Waals surface area (Å²) in [6.45, 7) is 10.7. The van der Waals surface area contributed by atoms with Crippen LogP contribution in [0, 0.1) is 0 Å². The highest BCUT2D eigenvalue weighted by Gasteiger charge is 2.27. The van der Waals surface area contributed by atoms with Crippen molar-refractivity contribution in [1.29, 1.82) is 0 Å². The van der Waals surface area contributed by atoms with E-state index in [4.69, 9.17) is 15.2 Å². The van der Waals surface area contributed by atoms with Crippen molar-refractivity contribution in [1.82, 2.24) is 9.88 Å². The molecule has 1 amide bonds. The van der Waals surface area contributed by atoms with Gasteiger partial charge in [0.1, 0.15) is 17.3 Å². The van der Waals surface area contributed by atoms with Crippen molar-refractivity contribution in [3.8, 4) is 11.5 Å². The number of anilines is 2. The molecule has 8 nitrogen and oxygen atoms in total. The second kappa shape index (κ2) is 10.4. The molecule has 0 saturated carbocycles. The summed E-state index contributed by atoms with van der Waals surface area (Å²) in [7, 11) is 3.27. The van der Waals surface area contributed by atoms with E-state index in [-0.39, 0.29) is 23.7 Å². The molecule has 0 aliphatic carbocycles. The van der Waals surface area contributed by atoms with Crippen LogP contribution in [-0.4, -0.2) is 50.1 Å².